The summed E-state index contributed by atoms with van der Waals surface area (Å²) in [6.07, 6.45) is 2.59. The first-order chi connectivity index (χ1) is 13.3. The molecule has 160 valence electrons. The molecule has 1 fully saturated rings. The Morgan fingerprint density at radius 3 is 2.34 bits per heavy atom. The number of sulfone groups is 1. The van der Waals surface area contributed by atoms with Crippen molar-refractivity contribution in [3.8, 4) is 0 Å². The molecule has 1 saturated heterocycles. The Kier molecular flexibility index (Phi) is 5.77. The van der Waals surface area contributed by atoms with E-state index in [2.05, 4.69) is 33.9 Å². The molecule has 0 N–H and O–H groups in total. The average Bonchev–Trinajstić information content (AvgIpc) is 2.60. The maximum atomic E-state index is 13.5. The van der Waals surface area contributed by atoms with Crippen LogP contribution in [-0.2, 0) is 23.8 Å². The summed E-state index contributed by atoms with van der Waals surface area (Å²) in [6.45, 7) is 12.6. The van der Waals surface area contributed by atoms with Gasteiger partial charge in [-0.1, -0.05) is 39.0 Å². The predicted octanol–water partition coefficient (Wildman–Crippen LogP) is 4.71. The van der Waals surface area contributed by atoms with Gasteiger partial charge in [-0.2, -0.15) is 0 Å². The molecular formula is C22H32O5SSi. The molecule has 29 heavy (non-hydrogen) atoms. The van der Waals surface area contributed by atoms with Gasteiger partial charge in [-0.05, 0) is 55.6 Å². The fourth-order valence-corrected chi connectivity index (χ4v) is 6.99. The number of hydrogen-bond donors (Lipinski definition) is 0. The first kappa shape index (κ1) is 22.1. The fraction of sp³-hybridized carbons (Fsp3) is 0.591. The van der Waals surface area contributed by atoms with E-state index >= 15 is 0 Å². The summed E-state index contributed by atoms with van der Waals surface area (Å²) in [5.41, 5.74) is 0. The van der Waals surface area contributed by atoms with Crippen LogP contribution < -0.4 is 0 Å². The zero-order valence-corrected chi connectivity index (χ0v) is 20.0. The Labute approximate surface area is 175 Å². The number of cyclic esters (lactones) is 1. The predicted molar refractivity (Wildman–Crippen MR) is 116 cm³/mol. The largest absolute Gasteiger partial charge is 0.547 e. The number of rotatable bonds is 4. The molecule has 1 heterocycles. The van der Waals surface area contributed by atoms with Gasteiger partial charge in [0.15, 0.2) is 9.84 Å². The third-order valence-electron chi connectivity index (χ3n) is 6.52. The van der Waals surface area contributed by atoms with E-state index in [-0.39, 0.29) is 28.4 Å². The number of allylic oxidation sites excluding steroid dienone is 2. The molecule has 0 saturated carbocycles. The van der Waals surface area contributed by atoms with Crippen molar-refractivity contribution in [1.29, 1.82) is 0 Å². The quantitative estimate of drug-likeness (QED) is 0.505. The van der Waals surface area contributed by atoms with E-state index < -0.39 is 35.3 Å². The highest BCUT2D eigenvalue weighted by molar-refractivity contribution is 7.92. The van der Waals surface area contributed by atoms with Crippen molar-refractivity contribution < 1.29 is 22.4 Å². The van der Waals surface area contributed by atoms with E-state index in [1.54, 1.807) is 30.3 Å². The third-order valence-corrected chi connectivity index (χ3v) is 13.1. The van der Waals surface area contributed by atoms with Crippen LogP contribution >= 0.6 is 0 Å². The molecule has 1 aliphatic carbocycles. The van der Waals surface area contributed by atoms with Gasteiger partial charge in [-0.3, -0.25) is 4.79 Å². The second kappa shape index (κ2) is 7.58. The van der Waals surface area contributed by atoms with E-state index in [1.165, 1.54) is 0 Å². The summed E-state index contributed by atoms with van der Waals surface area (Å²) >= 11 is 0. The number of benzene rings is 1. The molecular weight excluding hydrogens is 404 g/mol. The summed E-state index contributed by atoms with van der Waals surface area (Å²) in [5.74, 6) is -0.587. The minimum atomic E-state index is -3.71. The monoisotopic (exact) mass is 436 g/mol. The molecule has 7 heteroatoms. The van der Waals surface area contributed by atoms with Crippen LogP contribution in [0.2, 0.25) is 18.1 Å². The lowest BCUT2D eigenvalue weighted by Crippen LogP contribution is -2.49. The van der Waals surface area contributed by atoms with Crippen LogP contribution in [0.1, 0.15) is 40.5 Å². The molecule has 1 aromatic rings. The van der Waals surface area contributed by atoms with Gasteiger partial charge in [0, 0.05) is 6.42 Å². The van der Waals surface area contributed by atoms with Gasteiger partial charge < -0.3 is 9.16 Å². The van der Waals surface area contributed by atoms with Crippen LogP contribution in [0.5, 0.6) is 0 Å². The van der Waals surface area contributed by atoms with Crippen LogP contribution in [0.4, 0.5) is 0 Å². The number of ether oxygens (including phenoxy) is 1. The van der Waals surface area contributed by atoms with Gasteiger partial charge in [-0.15, -0.1) is 0 Å². The van der Waals surface area contributed by atoms with Gasteiger partial charge in [0.1, 0.15) is 0 Å². The highest BCUT2D eigenvalue weighted by Crippen LogP contribution is 2.45. The van der Waals surface area contributed by atoms with Gasteiger partial charge in [-0.25, -0.2) is 8.42 Å². The molecule has 2 aliphatic rings. The van der Waals surface area contributed by atoms with Crippen molar-refractivity contribution >= 4 is 24.1 Å². The zero-order valence-electron chi connectivity index (χ0n) is 18.1. The number of fused-ring (bicyclic) bond motifs is 1. The van der Waals surface area contributed by atoms with Crippen LogP contribution in [0.25, 0.3) is 0 Å². The van der Waals surface area contributed by atoms with Crippen molar-refractivity contribution in [1.82, 2.24) is 0 Å². The van der Waals surface area contributed by atoms with Crippen LogP contribution in [0.15, 0.2) is 47.1 Å². The van der Waals surface area contributed by atoms with Crippen molar-refractivity contribution in [2.75, 3.05) is 0 Å². The zero-order chi connectivity index (χ0) is 21.6. The molecule has 0 amide bonds. The first-order valence-corrected chi connectivity index (χ1v) is 14.7. The Bertz CT molecular complexity index is 899. The Balaban J connectivity index is 2.02. The number of esters is 1. The third kappa shape index (κ3) is 4.31. The lowest BCUT2D eigenvalue weighted by Gasteiger charge is -2.43. The molecule has 0 spiro atoms. The fourth-order valence-electron chi connectivity index (χ4n) is 3.91. The van der Waals surface area contributed by atoms with E-state index in [0.29, 0.717) is 12.2 Å². The summed E-state index contributed by atoms with van der Waals surface area (Å²) < 4.78 is 38.9. The Hall–Kier alpha value is -1.60. The highest BCUT2D eigenvalue weighted by Gasteiger charge is 2.51. The highest BCUT2D eigenvalue weighted by atomic mass is 32.2. The maximum Gasteiger partial charge on any atom is 0.311 e. The molecule has 5 nitrogen and oxygen atoms in total. The first-order valence-electron chi connectivity index (χ1n) is 10.2. The summed E-state index contributed by atoms with van der Waals surface area (Å²) in [4.78, 5) is 13.0. The van der Waals surface area contributed by atoms with Crippen LogP contribution in [0, 0.1) is 11.8 Å². The van der Waals surface area contributed by atoms with Gasteiger partial charge >= 0.3 is 5.97 Å². The van der Waals surface area contributed by atoms with Crippen molar-refractivity contribution in [2.45, 2.75) is 74.9 Å². The van der Waals surface area contributed by atoms with Crippen LogP contribution in [0.3, 0.4) is 0 Å². The molecule has 0 radical (unpaired) electrons. The van der Waals surface area contributed by atoms with Gasteiger partial charge in [0.25, 0.3) is 0 Å². The SMILES string of the molecule is C[C@H]1C[C@H]2C=C(O[Si](C)(C)C(C)(C)C)C[C@H](S(=O)(=O)c3ccccc3)[C@H]2C(=O)O1. The molecule has 3 rings (SSSR count). The smallest absolute Gasteiger partial charge is 0.311 e. The molecule has 0 unspecified atom stereocenters. The lowest BCUT2D eigenvalue weighted by molar-refractivity contribution is -0.162. The van der Waals surface area contributed by atoms with Crippen molar-refractivity contribution in [3.05, 3.63) is 42.2 Å². The lowest BCUT2D eigenvalue weighted by atomic mass is 9.78. The van der Waals surface area contributed by atoms with Gasteiger partial charge in [0.05, 0.1) is 27.9 Å². The van der Waals surface area contributed by atoms with E-state index in [4.69, 9.17) is 9.16 Å². The summed E-state index contributed by atoms with van der Waals surface area (Å²) in [6, 6.07) is 8.38. The maximum absolute atomic E-state index is 13.5. The van der Waals surface area contributed by atoms with E-state index in [1.807, 2.05) is 13.0 Å². The summed E-state index contributed by atoms with van der Waals surface area (Å²) in [7, 11) is -5.84. The minimum absolute atomic E-state index is 0.00270. The van der Waals surface area contributed by atoms with Gasteiger partial charge in [0.2, 0.25) is 8.32 Å². The summed E-state index contributed by atoms with van der Waals surface area (Å²) in [5, 5.41) is -0.878. The number of carbonyl (C=O) groups is 1. The number of hydrogen-bond acceptors (Lipinski definition) is 5. The normalized spacial score (nSPS) is 28.2. The van der Waals surface area contributed by atoms with Crippen LogP contribution in [-0.4, -0.2) is 34.1 Å². The van der Waals surface area contributed by atoms with Crippen molar-refractivity contribution in [2.24, 2.45) is 11.8 Å². The Morgan fingerprint density at radius 2 is 1.76 bits per heavy atom. The van der Waals surface area contributed by atoms with Crippen molar-refractivity contribution in [3.63, 3.8) is 0 Å². The second-order valence-corrected chi connectivity index (χ2v) is 16.7. The van der Waals surface area contributed by atoms with E-state index in [0.717, 1.165) is 0 Å². The molecule has 4 atom stereocenters. The molecule has 0 aromatic heterocycles. The van der Waals surface area contributed by atoms with E-state index in [9.17, 15) is 13.2 Å². The topological polar surface area (TPSA) is 69.7 Å². The Morgan fingerprint density at radius 1 is 1.14 bits per heavy atom. The molecule has 1 aromatic carbocycles. The molecule has 0 bridgehead atoms. The number of carbonyl (C=O) groups excluding carboxylic acids is 1. The minimum Gasteiger partial charge on any atom is -0.547 e. The average molecular weight is 437 g/mol. The molecule has 1 aliphatic heterocycles. The standard InChI is InChI=1S/C22H32O5SSi/c1-15-12-16-13-17(27-29(5,6)22(2,3)4)14-19(20(16)21(23)26-15)28(24,25)18-10-8-7-9-11-18/h7-11,13,15-16,19-20H,12,14H2,1-6H3/t15-,16-,19-,20-/m0/s1. The second-order valence-electron chi connectivity index (χ2n) is 9.77.